The summed E-state index contributed by atoms with van der Waals surface area (Å²) in [4.78, 5) is 22.1. The Morgan fingerprint density at radius 3 is 1.71 bits per heavy atom. The molecule has 65 heavy (non-hydrogen) atoms. The molecule has 1 heterocycles. The summed E-state index contributed by atoms with van der Waals surface area (Å²) in [6.07, 6.45) is 3.73. The Morgan fingerprint density at radius 1 is 0.738 bits per heavy atom. The quantitative estimate of drug-likeness (QED) is 0.0361. The molecule has 1 unspecified atom stereocenters. The van der Waals surface area contributed by atoms with Gasteiger partial charge in [-0.1, -0.05) is 61.5 Å². The smallest absolute Gasteiger partial charge is 0.259 e. The molecular formula is C52H82N6O5P2. The molecule has 0 bridgehead atoms. The Bertz CT molecular complexity index is 2080. The van der Waals surface area contributed by atoms with Crippen LogP contribution in [0.2, 0.25) is 0 Å². The second-order valence-electron chi connectivity index (χ2n) is 18.7. The van der Waals surface area contributed by atoms with Crippen LogP contribution in [-0.4, -0.2) is 121 Å². The summed E-state index contributed by atoms with van der Waals surface area (Å²) < 4.78 is 39.9. The predicted octanol–water partition coefficient (Wildman–Crippen LogP) is 12.8. The van der Waals surface area contributed by atoms with Crippen molar-refractivity contribution >= 4 is 55.2 Å². The van der Waals surface area contributed by atoms with E-state index in [-0.39, 0.29) is 30.3 Å². The Balaban J connectivity index is 0.000000435. The Morgan fingerprint density at radius 2 is 1.22 bits per heavy atom. The van der Waals surface area contributed by atoms with Crippen molar-refractivity contribution in [2.24, 2.45) is 5.41 Å². The van der Waals surface area contributed by atoms with Gasteiger partial charge in [-0.05, 0) is 152 Å². The average molecular weight is 937 g/mol. The summed E-state index contributed by atoms with van der Waals surface area (Å²) in [6, 6.07) is 22.0. The minimum absolute atomic E-state index is 0.206. The predicted molar refractivity (Wildman–Crippen MR) is 276 cm³/mol. The molecule has 1 amide bonds. The van der Waals surface area contributed by atoms with Gasteiger partial charge in [-0.15, -0.1) is 0 Å². The normalized spacial score (nSPS) is 15.1. The van der Waals surface area contributed by atoms with Crippen LogP contribution in [0, 0.1) is 18.6 Å². The Hall–Kier alpha value is -3.05. The zero-order valence-corrected chi connectivity index (χ0v) is 43.8. The number of likely N-dealkylation sites (tertiary alicyclic amines) is 1. The summed E-state index contributed by atoms with van der Waals surface area (Å²) in [6.45, 7) is 43.9. The number of benzene rings is 4. The van der Waals surface area contributed by atoms with Crippen molar-refractivity contribution in [3.8, 4) is 0 Å². The molecule has 1 atom stereocenters. The molecular weight excluding hydrogens is 851 g/mol. The lowest BCUT2D eigenvalue weighted by Crippen LogP contribution is -2.44. The first-order valence-electron chi connectivity index (χ1n) is 24.8. The third-order valence-electron chi connectivity index (χ3n) is 11.7. The molecule has 1 fully saturated rings. The molecule has 1 aliphatic heterocycles. The second-order valence-corrected chi connectivity index (χ2v) is 21.9. The fourth-order valence-corrected chi connectivity index (χ4v) is 12.9. The molecule has 4 aromatic carbocycles. The first-order valence-corrected chi connectivity index (χ1v) is 25.9. The Kier molecular flexibility index (Phi) is 22.5. The van der Waals surface area contributed by atoms with Gasteiger partial charge < -0.3 is 33.3 Å². The number of amides is 1. The number of aliphatic hydroxyl groups is 1. The summed E-state index contributed by atoms with van der Waals surface area (Å²) in [5, 5.41) is 11.3. The van der Waals surface area contributed by atoms with E-state index in [1.165, 1.54) is 45.0 Å². The average Bonchev–Trinajstić information content (AvgIpc) is 3.27. The van der Waals surface area contributed by atoms with E-state index in [1.807, 2.05) is 4.90 Å². The number of hydrogen-bond acceptors (Lipinski definition) is 8. The summed E-state index contributed by atoms with van der Waals surface area (Å²) in [7, 11) is -0.874. The van der Waals surface area contributed by atoms with E-state index >= 15 is 0 Å². The van der Waals surface area contributed by atoms with E-state index in [9.17, 15) is 4.79 Å². The Labute approximate surface area is 398 Å². The number of hydrogen-bond donors (Lipinski definition) is 1. The number of nitrogens with zero attached hydrogens (tertiary/aromatic N) is 6. The fraction of sp³-hybridized carbons (Fsp3) is 0.635. The van der Waals surface area contributed by atoms with Crippen LogP contribution in [0.1, 0.15) is 123 Å². The maximum atomic E-state index is 13.3. The van der Waals surface area contributed by atoms with Crippen LogP contribution in [0.4, 0.5) is 0 Å². The van der Waals surface area contributed by atoms with Crippen molar-refractivity contribution in [3.63, 3.8) is 0 Å². The summed E-state index contributed by atoms with van der Waals surface area (Å²) in [5.74, 6) is 0.206. The van der Waals surface area contributed by atoms with Crippen molar-refractivity contribution in [2.45, 2.75) is 158 Å². The topological polar surface area (TPSA) is 86.7 Å². The number of carbonyl (C=O) groups excluding carboxylic acids is 1. The molecule has 0 radical (unpaired) electrons. The summed E-state index contributed by atoms with van der Waals surface area (Å²) in [5.41, 5.74) is 1.02. The van der Waals surface area contributed by atoms with Gasteiger partial charge in [0, 0.05) is 64.2 Å². The third kappa shape index (κ3) is 15.8. The minimum atomic E-state index is -1.33. The van der Waals surface area contributed by atoms with Crippen LogP contribution < -0.4 is 0 Å². The van der Waals surface area contributed by atoms with Crippen molar-refractivity contribution in [3.05, 3.63) is 83.0 Å². The minimum Gasteiger partial charge on any atom is -0.400 e. The number of aliphatic hydroxyl groups excluding tert-OH is 1. The second kappa shape index (κ2) is 27.7. The molecule has 13 heteroatoms. The highest BCUT2D eigenvalue weighted by Crippen LogP contribution is 2.51. The largest absolute Gasteiger partial charge is 0.400 e. The van der Waals surface area contributed by atoms with Crippen LogP contribution in [0.5, 0.6) is 0 Å². The number of rotatable bonds is 22. The van der Waals surface area contributed by atoms with Crippen molar-refractivity contribution in [1.29, 1.82) is 1.43 Å². The molecule has 11 nitrogen and oxygen atoms in total. The van der Waals surface area contributed by atoms with Crippen LogP contribution in [0.25, 0.3) is 42.0 Å². The monoisotopic (exact) mass is 937 g/mol. The molecule has 4 aromatic rings. The van der Waals surface area contributed by atoms with Gasteiger partial charge in [-0.2, -0.15) is 0 Å². The van der Waals surface area contributed by atoms with E-state index in [1.54, 1.807) is 0 Å². The van der Waals surface area contributed by atoms with Gasteiger partial charge in [0.2, 0.25) is 20.4 Å². The molecule has 0 spiro atoms. The van der Waals surface area contributed by atoms with Gasteiger partial charge >= 0.3 is 0 Å². The van der Waals surface area contributed by atoms with Crippen LogP contribution in [0.15, 0.2) is 54.6 Å². The number of carbonyl (C=O) groups is 1. The molecule has 0 aliphatic carbocycles. The van der Waals surface area contributed by atoms with Crippen LogP contribution >= 0.6 is 17.0 Å². The maximum absolute atomic E-state index is 13.3. The molecule has 1 N–H and O–H groups in total. The standard InChI is InChI=1S/C36H46N3O3P.C15H32N3OP.CH4O/c1-26(2)39(27(3)4)43(41-24-21-37-6)42-25-36(5)19-22-38(23-20-36)33(40)12-8-9-28-13-14-31-16-15-29-10-7-11-30-17-18-32(28)35(31)34(29)30;1-12(2)17(13(3)4)20(19-11-10-16-9)18(14(5)6)15(7)8;1-2/h7,10-11,13-18,26-27H,8-9,12,19-25H2,1-5H3;12-15H,10-11H2,1-8H3;2H,1H3/i5T;;2T. The highest BCUT2D eigenvalue weighted by molar-refractivity contribution is 7.47. The van der Waals surface area contributed by atoms with Gasteiger partial charge in [0.25, 0.3) is 8.53 Å². The van der Waals surface area contributed by atoms with Crippen LogP contribution in [0.3, 0.4) is 0 Å². The number of piperidine rings is 1. The van der Waals surface area contributed by atoms with Gasteiger partial charge in [0.1, 0.15) is 13.2 Å². The molecule has 1 saturated heterocycles. The molecule has 0 saturated carbocycles. The van der Waals surface area contributed by atoms with Crippen LogP contribution in [-0.2, 0) is 24.8 Å². The summed E-state index contributed by atoms with van der Waals surface area (Å²) >= 11 is 0. The van der Waals surface area contributed by atoms with E-state index in [0.717, 1.165) is 25.7 Å². The molecule has 1 aliphatic rings. The molecule has 0 aromatic heterocycles. The zero-order chi connectivity index (χ0) is 49.8. The zero-order valence-electron chi connectivity index (χ0n) is 44.0. The highest BCUT2D eigenvalue weighted by Gasteiger charge is 2.36. The molecule has 360 valence electrons. The van der Waals surface area contributed by atoms with Gasteiger partial charge in [-0.3, -0.25) is 4.79 Å². The van der Waals surface area contributed by atoms with E-state index in [4.69, 9.17) is 29.5 Å². The maximum Gasteiger partial charge on any atom is 0.259 e. The van der Waals surface area contributed by atoms with Crippen molar-refractivity contribution < 1.29 is 24.8 Å². The van der Waals surface area contributed by atoms with Gasteiger partial charge in [-0.25, -0.2) is 27.2 Å². The van der Waals surface area contributed by atoms with E-state index in [0.29, 0.717) is 76.6 Å². The van der Waals surface area contributed by atoms with E-state index < -0.39 is 17.0 Å². The molecule has 5 rings (SSSR count). The lowest BCUT2D eigenvalue weighted by molar-refractivity contribution is -0.133. The van der Waals surface area contributed by atoms with E-state index in [2.05, 4.69) is 166 Å². The lowest BCUT2D eigenvalue weighted by Gasteiger charge is -2.45. The number of aryl methyl sites for hydroxylation is 1. The van der Waals surface area contributed by atoms with Crippen molar-refractivity contribution in [1.82, 2.24) is 18.9 Å². The van der Waals surface area contributed by atoms with Gasteiger partial charge in [0.05, 0.1) is 6.61 Å². The van der Waals surface area contributed by atoms with Gasteiger partial charge in [0.15, 0.2) is 8.45 Å². The lowest BCUT2D eigenvalue weighted by atomic mass is 9.81. The third-order valence-corrected chi connectivity index (χ3v) is 16.8. The highest BCUT2D eigenvalue weighted by atomic mass is 31.2. The van der Waals surface area contributed by atoms with Crippen molar-refractivity contribution in [2.75, 3.05) is 53.1 Å². The first kappa shape index (κ1) is 52.9. The first-order chi connectivity index (χ1) is 31.9. The fourth-order valence-electron chi connectivity index (χ4n) is 8.88. The SMILES string of the molecule is [3H]CC1(COP(OCC[N+]#[C-])N(C(C)C)C(C)C)CCN(C(=O)CCCc2ccc3ccc4cccc5ccc2c3c45)CC1.[3H]OC.[C-]#[N+]CCOP(N(C(C)C)C(C)C)N(C(C)C)C(C)C.